The summed E-state index contributed by atoms with van der Waals surface area (Å²) in [4.78, 5) is 15.1. The van der Waals surface area contributed by atoms with Crippen LogP contribution < -0.4 is 0 Å². The molecule has 3 nitrogen and oxygen atoms in total. The normalized spacial score (nSPS) is 14.8. The van der Waals surface area contributed by atoms with Gasteiger partial charge in [0.2, 0.25) is 0 Å². The van der Waals surface area contributed by atoms with Crippen molar-refractivity contribution in [1.29, 1.82) is 0 Å². The van der Waals surface area contributed by atoms with Crippen LogP contribution in [0.2, 0.25) is 0 Å². The average Bonchev–Trinajstić information content (AvgIpc) is 3.06. The summed E-state index contributed by atoms with van der Waals surface area (Å²) in [5.74, 6) is 0.757. The van der Waals surface area contributed by atoms with Crippen molar-refractivity contribution in [2.75, 3.05) is 26.7 Å². The van der Waals surface area contributed by atoms with Crippen LogP contribution in [0.4, 0.5) is 0 Å². The number of nitrogens with zero attached hydrogens (tertiary/aromatic N) is 1. The highest BCUT2D eigenvalue weighted by atomic mass is 16.5. The van der Waals surface area contributed by atoms with Gasteiger partial charge in [0.1, 0.15) is 0 Å². The first-order valence-electron chi connectivity index (χ1n) is 20.8. The number of unbranched alkanes of at least 4 members (excludes halogenated alkanes) is 22. The molecule has 0 aliphatic carbocycles. The van der Waals surface area contributed by atoms with Gasteiger partial charge in [-0.2, -0.15) is 0 Å². The lowest BCUT2D eigenvalue weighted by molar-refractivity contribution is -0.151. The Bertz CT molecular complexity index is 653. The van der Waals surface area contributed by atoms with E-state index in [0.29, 0.717) is 12.5 Å². The second-order valence-corrected chi connectivity index (χ2v) is 14.8. The summed E-state index contributed by atoms with van der Waals surface area (Å²) in [7, 11) is 2.15. The Morgan fingerprint density at radius 2 is 0.913 bits per heavy atom. The fourth-order valence-corrected chi connectivity index (χ4v) is 6.88. The van der Waals surface area contributed by atoms with Gasteiger partial charge in [-0.3, -0.25) is 4.79 Å². The number of carbonyl (C=O) groups is 1. The summed E-state index contributed by atoms with van der Waals surface area (Å²) >= 11 is 0. The quantitative estimate of drug-likeness (QED) is 0.0405. The van der Waals surface area contributed by atoms with Crippen molar-refractivity contribution in [3.8, 4) is 0 Å². The van der Waals surface area contributed by atoms with Crippen LogP contribution in [0.25, 0.3) is 0 Å². The Hall–Kier alpha value is -1.09. The molecule has 0 aromatic rings. The molecule has 0 bridgehead atoms. The van der Waals surface area contributed by atoms with Crippen molar-refractivity contribution in [2.24, 2.45) is 11.8 Å². The van der Waals surface area contributed by atoms with Gasteiger partial charge in [0.25, 0.3) is 0 Å². The molecule has 3 heteroatoms. The average molecular weight is 644 g/mol. The summed E-state index contributed by atoms with van der Waals surface area (Å²) in [6, 6.07) is 0. The highest BCUT2D eigenvalue weighted by molar-refractivity contribution is 5.72. The third kappa shape index (κ3) is 28.0. The molecule has 0 unspecified atom stereocenters. The van der Waals surface area contributed by atoms with Gasteiger partial charge >= 0.3 is 5.97 Å². The predicted molar refractivity (Wildman–Crippen MR) is 204 cm³/mol. The van der Waals surface area contributed by atoms with E-state index in [0.717, 1.165) is 25.9 Å². The number of esters is 1. The number of hydrogen-bond donors (Lipinski definition) is 0. The van der Waals surface area contributed by atoms with E-state index >= 15 is 0 Å². The van der Waals surface area contributed by atoms with Crippen LogP contribution in [0.1, 0.15) is 206 Å². The van der Waals surface area contributed by atoms with E-state index in [1.807, 2.05) is 0 Å². The molecule has 0 N–H and O–H groups in total. The van der Waals surface area contributed by atoms with E-state index in [2.05, 4.69) is 50.1 Å². The molecule has 1 fully saturated rings. The van der Waals surface area contributed by atoms with Crippen LogP contribution in [0.3, 0.4) is 0 Å². The minimum atomic E-state index is 0.0794. The SMILES string of the molecule is CCCCCC/C=C\CCCCCCCCCC(CCCCCCCCC/C=C\CCCCCC)COC(=O)C1CCN(C)CC1. The van der Waals surface area contributed by atoms with Gasteiger partial charge in [-0.1, -0.05) is 154 Å². The molecule has 0 radical (unpaired) electrons. The molecule has 1 aliphatic heterocycles. The van der Waals surface area contributed by atoms with Crippen LogP contribution in [-0.2, 0) is 9.53 Å². The van der Waals surface area contributed by atoms with Crippen molar-refractivity contribution < 1.29 is 9.53 Å². The third-order valence-electron chi connectivity index (χ3n) is 10.3. The van der Waals surface area contributed by atoms with Crippen LogP contribution in [-0.4, -0.2) is 37.6 Å². The second-order valence-electron chi connectivity index (χ2n) is 14.8. The Morgan fingerprint density at radius 3 is 1.30 bits per heavy atom. The zero-order valence-electron chi connectivity index (χ0n) is 31.6. The minimum absolute atomic E-state index is 0.0794. The molecule has 0 saturated carbocycles. The van der Waals surface area contributed by atoms with Crippen molar-refractivity contribution in [3.05, 3.63) is 24.3 Å². The number of rotatable bonds is 33. The Balaban J connectivity index is 2.15. The fourth-order valence-electron chi connectivity index (χ4n) is 6.88. The third-order valence-corrected chi connectivity index (χ3v) is 10.3. The number of allylic oxidation sites excluding steroid dienone is 4. The van der Waals surface area contributed by atoms with Gasteiger partial charge in [-0.25, -0.2) is 0 Å². The molecule has 0 aromatic carbocycles. The molecule has 46 heavy (non-hydrogen) atoms. The molecule has 0 aromatic heterocycles. The molecule has 0 atom stereocenters. The standard InChI is InChI=1S/C43H81NO2/c1-4-6-8-10-12-14-16-18-20-22-24-26-28-30-32-34-41(40-46-43(45)42-36-38-44(3)39-37-42)35-33-31-29-27-25-23-21-19-17-15-13-11-9-7-5-2/h14-17,41-42H,4-13,18-40H2,1-3H3/b16-14-,17-15-. The van der Waals surface area contributed by atoms with Crippen molar-refractivity contribution in [2.45, 2.75) is 206 Å². The Labute approximate surface area is 289 Å². The summed E-state index contributed by atoms with van der Waals surface area (Å²) in [5, 5.41) is 0. The molecular formula is C43H81NO2. The second kappa shape index (κ2) is 33.8. The van der Waals surface area contributed by atoms with Gasteiger partial charge in [-0.15, -0.1) is 0 Å². The first kappa shape index (κ1) is 42.9. The number of carbonyl (C=O) groups excluding carboxylic acids is 1. The Morgan fingerprint density at radius 1 is 0.565 bits per heavy atom. The zero-order valence-corrected chi connectivity index (χ0v) is 31.6. The number of ether oxygens (including phenoxy) is 1. The number of piperidine rings is 1. The molecule has 1 rings (SSSR count). The molecular weight excluding hydrogens is 562 g/mol. The van der Waals surface area contributed by atoms with Crippen LogP contribution >= 0.6 is 0 Å². The first-order valence-corrected chi connectivity index (χ1v) is 20.8. The van der Waals surface area contributed by atoms with E-state index < -0.39 is 0 Å². The fraction of sp³-hybridized carbons (Fsp3) is 0.884. The van der Waals surface area contributed by atoms with Gasteiger partial charge in [0.05, 0.1) is 12.5 Å². The maximum Gasteiger partial charge on any atom is 0.309 e. The predicted octanol–water partition coefficient (Wildman–Crippen LogP) is 13.6. The number of hydrogen-bond acceptors (Lipinski definition) is 3. The molecule has 1 heterocycles. The van der Waals surface area contributed by atoms with Crippen molar-refractivity contribution in [3.63, 3.8) is 0 Å². The van der Waals surface area contributed by atoms with E-state index in [4.69, 9.17) is 4.74 Å². The van der Waals surface area contributed by atoms with Crippen LogP contribution in [0.15, 0.2) is 24.3 Å². The summed E-state index contributed by atoms with van der Waals surface area (Å²) in [6.45, 7) is 7.27. The maximum absolute atomic E-state index is 12.8. The van der Waals surface area contributed by atoms with E-state index in [-0.39, 0.29) is 11.9 Å². The lowest BCUT2D eigenvalue weighted by Gasteiger charge is -2.28. The van der Waals surface area contributed by atoms with Gasteiger partial charge in [0, 0.05) is 0 Å². The summed E-state index contributed by atoms with van der Waals surface area (Å²) in [5.41, 5.74) is 0. The van der Waals surface area contributed by atoms with Gasteiger partial charge < -0.3 is 9.64 Å². The number of likely N-dealkylation sites (tertiary alicyclic amines) is 1. The summed E-state index contributed by atoms with van der Waals surface area (Å²) < 4.78 is 5.96. The van der Waals surface area contributed by atoms with Crippen LogP contribution in [0, 0.1) is 11.8 Å². The molecule has 1 saturated heterocycles. The highest BCUT2D eigenvalue weighted by Crippen LogP contribution is 2.23. The van der Waals surface area contributed by atoms with E-state index in [1.165, 1.54) is 180 Å². The van der Waals surface area contributed by atoms with Crippen LogP contribution in [0.5, 0.6) is 0 Å². The van der Waals surface area contributed by atoms with Crippen molar-refractivity contribution >= 4 is 5.97 Å². The lowest BCUT2D eigenvalue weighted by Crippen LogP contribution is -2.34. The molecule has 0 amide bonds. The minimum Gasteiger partial charge on any atom is -0.465 e. The largest absolute Gasteiger partial charge is 0.465 e. The molecule has 0 spiro atoms. The smallest absolute Gasteiger partial charge is 0.309 e. The molecule has 270 valence electrons. The first-order chi connectivity index (χ1) is 22.7. The monoisotopic (exact) mass is 644 g/mol. The molecule has 1 aliphatic rings. The maximum atomic E-state index is 12.8. The summed E-state index contributed by atoms with van der Waals surface area (Å²) in [6.07, 6.45) is 49.1. The van der Waals surface area contributed by atoms with E-state index in [1.54, 1.807) is 0 Å². The lowest BCUT2D eigenvalue weighted by atomic mass is 9.94. The van der Waals surface area contributed by atoms with Gasteiger partial charge in [0.15, 0.2) is 0 Å². The highest BCUT2D eigenvalue weighted by Gasteiger charge is 2.25. The zero-order chi connectivity index (χ0) is 33.2. The van der Waals surface area contributed by atoms with Gasteiger partial charge in [-0.05, 0) is 103 Å². The van der Waals surface area contributed by atoms with Crippen molar-refractivity contribution in [1.82, 2.24) is 4.90 Å². The topological polar surface area (TPSA) is 29.5 Å². The van der Waals surface area contributed by atoms with E-state index in [9.17, 15) is 4.79 Å². The Kier molecular flexibility index (Phi) is 31.5.